The van der Waals surface area contributed by atoms with Crippen molar-refractivity contribution >= 4 is 21.2 Å². The van der Waals surface area contributed by atoms with Crippen molar-refractivity contribution in [2.75, 3.05) is 34.8 Å². The number of anilines is 2. The van der Waals surface area contributed by atoms with Gasteiger partial charge >= 0.3 is 0 Å². The Hall–Kier alpha value is -1.43. The highest BCUT2D eigenvalue weighted by Crippen LogP contribution is 2.39. The van der Waals surface area contributed by atoms with Gasteiger partial charge in [0.1, 0.15) is 11.4 Å². The highest BCUT2D eigenvalue weighted by molar-refractivity contribution is 7.91. The molecule has 0 aliphatic carbocycles. The van der Waals surface area contributed by atoms with Crippen LogP contribution in [0.5, 0.6) is 5.75 Å². The Morgan fingerprint density at radius 3 is 2.95 bits per heavy atom. The monoisotopic (exact) mass is 310 g/mol. The van der Waals surface area contributed by atoms with Crippen molar-refractivity contribution in [3.8, 4) is 5.75 Å². The second-order valence-corrected chi connectivity index (χ2v) is 8.22. The number of sulfone groups is 1. The zero-order valence-corrected chi connectivity index (χ0v) is 13.3. The quantitative estimate of drug-likeness (QED) is 0.904. The van der Waals surface area contributed by atoms with Crippen LogP contribution in [-0.4, -0.2) is 45.2 Å². The van der Waals surface area contributed by atoms with Gasteiger partial charge in [0, 0.05) is 19.1 Å². The normalized spacial score (nSPS) is 23.8. The lowest BCUT2D eigenvalue weighted by Gasteiger charge is -2.36. The average molecular weight is 310 g/mol. The van der Waals surface area contributed by atoms with E-state index in [2.05, 4.69) is 10.2 Å². The Balaban J connectivity index is 1.98. The van der Waals surface area contributed by atoms with Crippen molar-refractivity contribution in [1.82, 2.24) is 0 Å². The topological polar surface area (TPSA) is 58.6 Å². The molecule has 1 fully saturated rings. The second kappa shape index (κ2) is 5.40. The van der Waals surface area contributed by atoms with Gasteiger partial charge in [0.2, 0.25) is 0 Å². The summed E-state index contributed by atoms with van der Waals surface area (Å²) in [6, 6.07) is 6.05. The van der Waals surface area contributed by atoms with Crippen LogP contribution < -0.4 is 15.0 Å². The lowest BCUT2D eigenvalue weighted by Crippen LogP contribution is -2.48. The first-order valence-corrected chi connectivity index (χ1v) is 9.29. The van der Waals surface area contributed by atoms with Crippen LogP contribution in [0.25, 0.3) is 0 Å². The second-order valence-electron chi connectivity index (χ2n) is 5.99. The van der Waals surface area contributed by atoms with Crippen molar-refractivity contribution in [2.24, 2.45) is 0 Å². The van der Waals surface area contributed by atoms with Gasteiger partial charge in [0.15, 0.2) is 9.84 Å². The molecule has 0 aromatic heterocycles. The van der Waals surface area contributed by atoms with Crippen LogP contribution in [0.3, 0.4) is 0 Å². The third kappa shape index (κ3) is 2.95. The number of hydrogen-bond donors (Lipinski definition) is 1. The van der Waals surface area contributed by atoms with E-state index in [1.54, 1.807) is 0 Å². The Morgan fingerprint density at radius 1 is 1.38 bits per heavy atom. The predicted molar refractivity (Wildman–Crippen MR) is 85.1 cm³/mol. The summed E-state index contributed by atoms with van der Waals surface area (Å²) >= 11 is 0. The Labute approximate surface area is 126 Å². The molecule has 21 heavy (non-hydrogen) atoms. The molecule has 1 unspecified atom stereocenters. The van der Waals surface area contributed by atoms with Crippen LogP contribution >= 0.6 is 0 Å². The van der Waals surface area contributed by atoms with E-state index in [0.29, 0.717) is 6.54 Å². The number of benzene rings is 1. The first-order chi connectivity index (χ1) is 9.96. The Bertz CT molecular complexity index is 628. The van der Waals surface area contributed by atoms with Crippen molar-refractivity contribution < 1.29 is 13.2 Å². The predicted octanol–water partition coefficient (Wildman–Crippen LogP) is 1.89. The molecule has 2 aliphatic heterocycles. The first-order valence-electron chi connectivity index (χ1n) is 7.47. The largest absolute Gasteiger partial charge is 0.489 e. The number of nitrogens with one attached hydrogen (secondary N) is 1. The number of hydrogen-bond acceptors (Lipinski definition) is 5. The fourth-order valence-corrected chi connectivity index (χ4v) is 4.67. The third-order valence-electron chi connectivity index (χ3n) is 3.99. The van der Waals surface area contributed by atoms with Gasteiger partial charge in [-0.3, -0.25) is 0 Å². The zero-order valence-electron chi connectivity index (χ0n) is 12.5. The molecule has 6 heteroatoms. The summed E-state index contributed by atoms with van der Waals surface area (Å²) < 4.78 is 29.6. The van der Waals surface area contributed by atoms with Gasteiger partial charge in [-0.2, -0.15) is 0 Å². The molecular formula is C15H22N2O3S. The van der Waals surface area contributed by atoms with Gasteiger partial charge in [0.05, 0.1) is 23.3 Å². The number of ether oxygens (including phenoxy) is 1. The molecule has 1 aromatic carbocycles. The number of fused-ring (bicyclic) bond motifs is 3. The van der Waals surface area contributed by atoms with Crippen molar-refractivity contribution in [2.45, 2.75) is 32.4 Å². The van der Waals surface area contributed by atoms with Crippen LogP contribution in [0.15, 0.2) is 18.2 Å². The van der Waals surface area contributed by atoms with E-state index in [1.807, 2.05) is 32.0 Å². The van der Waals surface area contributed by atoms with Crippen molar-refractivity contribution in [3.05, 3.63) is 18.2 Å². The van der Waals surface area contributed by atoms with E-state index in [1.165, 1.54) is 0 Å². The summed E-state index contributed by atoms with van der Waals surface area (Å²) in [5, 5.41) is 3.42. The standard InChI is InChI=1S/C15H22N2O3S/c1-11(2)20-14-5-3-4-13-15(14)16-7-6-12-10-21(18,19)9-8-17(12)13/h3-5,11-12,16H,6-10H2,1-2H3. The molecule has 2 heterocycles. The molecule has 5 nitrogen and oxygen atoms in total. The van der Waals surface area contributed by atoms with Crippen LogP contribution in [0.2, 0.25) is 0 Å². The van der Waals surface area contributed by atoms with Crippen molar-refractivity contribution in [1.29, 1.82) is 0 Å². The van der Waals surface area contributed by atoms with Gasteiger partial charge in [-0.1, -0.05) is 6.07 Å². The minimum Gasteiger partial charge on any atom is -0.489 e. The molecule has 0 bridgehead atoms. The van der Waals surface area contributed by atoms with Gasteiger partial charge in [0.25, 0.3) is 0 Å². The summed E-state index contributed by atoms with van der Waals surface area (Å²) in [6.07, 6.45) is 0.939. The van der Waals surface area contributed by atoms with E-state index in [-0.39, 0.29) is 23.7 Å². The fraction of sp³-hybridized carbons (Fsp3) is 0.600. The molecule has 116 valence electrons. The smallest absolute Gasteiger partial charge is 0.154 e. The summed E-state index contributed by atoms with van der Waals surface area (Å²) in [6.45, 7) is 5.34. The lowest BCUT2D eigenvalue weighted by atomic mass is 10.1. The fourth-order valence-electron chi connectivity index (χ4n) is 3.10. The molecular weight excluding hydrogens is 288 g/mol. The number of para-hydroxylation sites is 1. The molecule has 0 saturated carbocycles. The summed E-state index contributed by atoms with van der Waals surface area (Å²) in [7, 11) is -2.90. The molecule has 1 saturated heterocycles. The minimum absolute atomic E-state index is 0.0619. The molecule has 2 aliphatic rings. The zero-order chi connectivity index (χ0) is 15.0. The maximum absolute atomic E-state index is 11.9. The van der Waals surface area contributed by atoms with Gasteiger partial charge in [-0.25, -0.2) is 8.42 Å². The van der Waals surface area contributed by atoms with Gasteiger partial charge in [-0.15, -0.1) is 0 Å². The Morgan fingerprint density at radius 2 is 2.19 bits per heavy atom. The SMILES string of the molecule is CC(C)Oc1cccc2c1NCCC1CS(=O)(=O)CCN21. The van der Waals surface area contributed by atoms with E-state index in [4.69, 9.17) is 4.74 Å². The molecule has 1 aromatic rings. The highest BCUT2D eigenvalue weighted by Gasteiger charge is 2.34. The van der Waals surface area contributed by atoms with Gasteiger partial charge < -0.3 is 15.0 Å². The average Bonchev–Trinajstić information content (AvgIpc) is 2.56. The maximum Gasteiger partial charge on any atom is 0.154 e. The van der Waals surface area contributed by atoms with E-state index >= 15 is 0 Å². The first kappa shape index (κ1) is 14.5. The summed E-state index contributed by atoms with van der Waals surface area (Å²) in [5.41, 5.74) is 2.05. The number of rotatable bonds is 2. The molecule has 0 spiro atoms. The summed E-state index contributed by atoms with van der Waals surface area (Å²) in [5.74, 6) is 1.33. The third-order valence-corrected chi connectivity index (χ3v) is 5.68. The van der Waals surface area contributed by atoms with E-state index in [0.717, 1.165) is 30.1 Å². The molecule has 3 rings (SSSR count). The van der Waals surface area contributed by atoms with Crippen LogP contribution in [-0.2, 0) is 9.84 Å². The van der Waals surface area contributed by atoms with Crippen molar-refractivity contribution in [3.63, 3.8) is 0 Å². The number of nitrogens with zero attached hydrogens (tertiary/aromatic N) is 1. The van der Waals surface area contributed by atoms with E-state index in [9.17, 15) is 8.42 Å². The van der Waals surface area contributed by atoms with Gasteiger partial charge in [-0.05, 0) is 32.4 Å². The molecule has 1 N–H and O–H groups in total. The van der Waals surface area contributed by atoms with Crippen LogP contribution in [0.4, 0.5) is 11.4 Å². The minimum atomic E-state index is -2.90. The molecule has 0 amide bonds. The highest BCUT2D eigenvalue weighted by atomic mass is 32.2. The molecule has 1 atom stereocenters. The molecule has 0 radical (unpaired) electrons. The van der Waals surface area contributed by atoms with Crippen LogP contribution in [0, 0.1) is 0 Å². The van der Waals surface area contributed by atoms with E-state index < -0.39 is 9.84 Å². The lowest BCUT2D eigenvalue weighted by molar-refractivity contribution is 0.244. The Kier molecular flexibility index (Phi) is 3.73. The maximum atomic E-state index is 11.9. The summed E-state index contributed by atoms with van der Waals surface area (Å²) in [4.78, 5) is 2.23. The van der Waals surface area contributed by atoms with Crippen LogP contribution in [0.1, 0.15) is 20.3 Å².